The van der Waals surface area contributed by atoms with Crippen LogP contribution >= 0.6 is 24.0 Å². The van der Waals surface area contributed by atoms with E-state index in [1.54, 1.807) is 7.05 Å². The molecule has 2 aliphatic rings. The molecule has 1 aromatic rings. The first-order valence-corrected chi connectivity index (χ1v) is 9.85. The highest BCUT2D eigenvalue weighted by atomic mass is 127. The van der Waals surface area contributed by atoms with Crippen LogP contribution in [0.1, 0.15) is 24.0 Å². The third-order valence-electron chi connectivity index (χ3n) is 5.10. The highest BCUT2D eigenvalue weighted by Gasteiger charge is 2.22. The first kappa shape index (κ1) is 22.9. The number of halogens is 1. The van der Waals surface area contributed by atoms with E-state index < -0.39 is 0 Å². The Morgan fingerprint density at radius 3 is 2.39 bits per heavy atom. The minimum absolute atomic E-state index is 0. The van der Waals surface area contributed by atoms with E-state index in [0.717, 1.165) is 71.4 Å². The van der Waals surface area contributed by atoms with Gasteiger partial charge in [0, 0.05) is 59.3 Å². The number of guanidine groups is 1. The Bertz CT molecular complexity index is 624. The molecule has 0 unspecified atom stereocenters. The van der Waals surface area contributed by atoms with Crippen molar-refractivity contribution in [1.29, 1.82) is 0 Å². The predicted octanol–water partition coefficient (Wildman–Crippen LogP) is 1.42. The molecule has 2 heterocycles. The molecule has 2 N–H and O–H groups in total. The zero-order valence-corrected chi connectivity index (χ0v) is 19.0. The molecule has 0 spiro atoms. The summed E-state index contributed by atoms with van der Waals surface area (Å²) in [5.41, 5.74) is 2.54. The van der Waals surface area contributed by atoms with Gasteiger partial charge in [0.15, 0.2) is 5.96 Å². The van der Waals surface area contributed by atoms with E-state index >= 15 is 0 Å². The van der Waals surface area contributed by atoms with Crippen LogP contribution in [0.4, 0.5) is 0 Å². The van der Waals surface area contributed by atoms with Crippen LogP contribution in [0.3, 0.4) is 0 Å². The largest absolute Gasteiger partial charge is 0.379 e. The Morgan fingerprint density at radius 2 is 1.75 bits per heavy atom. The number of fused-ring (bicyclic) bond motifs is 1. The molecule has 28 heavy (non-hydrogen) atoms. The fraction of sp³-hybridized carbons (Fsp3) is 0.600. The zero-order chi connectivity index (χ0) is 18.9. The van der Waals surface area contributed by atoms with Gasteiger partial charge in [-0.1, -0.05) is 24.3 Å². The average molecular weight is 501 g/mol. The van der Waals surface area contributed by atoms with E-state index in [-0.39, 0.29) is 29.9 Å². The number of nitrogens with zero attached hydrogens (tertiary/aromatic N) is 3. The molecular weight excluding hydrogens is 469 g/mol. The van der Waals surface area contributed by atoms with Crippen LogP contribution in [0.25, 0.3) is 0 Å². The van der Waals surface area contributed by atoms with E-state index in [9.17, 15) is 4.79 Å². The predicted molar refractivity (Wildman–Crippen MR) is 122 cm³/mol. The lowest BCUT2D eigenvalue weighted by molar-refractivity contribution is -0.131. The lowest BCUT2D eigenvalue weighted by Crippen LogP contribution is -2.44. The Kier molecular flexibility index (Phi) is 10.0. The summed E-state index contributed by atoms with van der Waals surface area (Å²) in [5, 5.41) is 6.63. The highest BCUT2D eigenvalue weighted by Crippen LogP contribution is 2.22. The van der Waals surface area contributed by atoms with E-state index in [2.05, 4.69) is 32.7 Å². The van der Waals surface area contributed by atoms with E-state index in [1.165, 1.54) is 11.1 Å². The minimum Gasteiger partial charge on any atom is -0.379 e. The third-order valence-corrected chi connectivity index (χ3v) is 5.10. The summed E-state index contributed by atoms with van der Waals surface area (Å²) in [4.78, 5) is 21.0. The SMILES string of the molecule is CN=C(NCCCC(=O)N1Cc2ccccc2C1)NCCN1CCOCC1.I. The van der Waals surface area contributed by atoms with Crippen molar-refractivity contribution in [2.24, 2.45) is 4.99 Å². The van der Waals surface area contributed by atoms with E-state index in [0.29, 0.717) is 6.42 Å². The van der Waals surface area contributed by atoms with Gasteiger partial charge in [0.25, 0.3) is 0 Å². The van der Waals surface area contributed by atoms with Crippen molar-refractivity contribution in [2.45, 2.75) is 25.9 Å². The van der Waals surface area contributed by atoms with Crippen LogP contribution in [-0.2, 0) is 22.6 Å². The number of rotatable bonds is 7. The molecule has 0 aliphatic carbocycles. The summed E-state index contributed by atoms with van der Waals surface area (Å²) in [5.74, 6) is 1.02. The second kappa shape index (κ2) is 12.2. The molecule has 0 bridgehead atoms. The molecule has 1 amide bonds. The van der Waals surface area contributed by atoms with Crippen LogP contribution in [0.5, 0.6) is 0 Å². The smallest absolute Gasteiger partial charge is 0.223 e. The van der Waals surface area contributed by atoms with Crippen LogP contribution in [0.2, 0.25) is 0 Å². The molecule has 156 valence electrons. The van der Waals surface area contributed by atoms with Crippen LogP contribution in [-0.4, -0.2) is 74.7 Å². The van der Waals surface area contributed by atoms with Crippen molar-refractivity contribution < 1.29 is 9.53 Å². The molecule has 2 aliphatic heterocycles. The number of benzene rings is 1. The normalized spacial score (nSPS) is 17.0. The summed E-state index contributed by atoms with van der Waals surface area (Å²) < 4.78 is 5.36. The number of nitrogens with one attached hydrogen (secondary N) is 2. The van der Waals surface area contributed by atoms with E-state index in [1.807, 2.05) is 17.0 Å². The number of aliphatic imine (C=N–C) groups is 1. The van der Waals surface area contributed by atoms with Gasteiger partial charge in [-0.25, -0.2) is 0 Å². The van der Waals surface area contributed by atoms with Gasteiger partial charge in [-0.05, 0) is 17.5 Å². The number of morpholine rings is 1. The molecule has 0 radical (unpaired) electrons. The summed E-state index contributed by atoms with van der Waals surface area (Å²) >= 11 is 0. The van der Waals surface area contributed by atoms with Crippen LogP contribution in [0, 0.1) is 0 Å². The molecule has 1 fully saturated rings. The fourth-order valence-corrected chi connectivity index (χ4v) is 3.49. The molecule has 3 rings (SSSR count). The Labute approximate surface area is 184 Å². The summed E-state index contributed by atoms with van der Waals surface area (Å²) in [7, 11) is 1.77. The maximum absolute atomic E-state index is 12.4. The monoisotopic (exact) mass is 501 g/mol. The number of ether oxygens (including phenoxy) is 1. The van der Waals surface area contributed by atoms with Gasteiger partial charge in [-0.3, -0.25) is 14.7 Å². The van der Waals surface area contributed by atoms with Gasteiger partial charge in [-0.2, -0.15) is 0 Å². The maximum atomic E-state index is 12.4. The molecule has 0 atom stereocenters. The van der Waals surface area contributed by atoms with Crippen molar-refractivity contribution in [3.63, 3.8) is 0 Å². The van der Waals surface area contributed by atoms with Gasteiger partial charge >= 0.3 is 0 Å². The highest BCUT2D eigenvalue weighted by molar-refractivity contribution is 14.0. The molecule has 0 saturated carbocycles. The van der Waals surface area contributed by atoms with E-state index in [4.69, 9.17) is 4.74 Å². The topological polar surface area (TPSA) is 69.2 Å². The third kappa shape index (κ3) is 6.89. The maximum Gasteiger partial charge on any atom is 0.223 e. The van der Waals surface area contributed by atoms with Gasteiger partial charge in [0.2, 0.25) is 5.91 Å². The second-order valence-corrected chi connectivity index (χ2v) is 7.00. The molecule has 7 nitrogen and oxygen atoms in total. The fourth-order valence-electron chi connectivity index (χ4n) is 3.49. The second-order valence-electron chi connectivity index (χ2n) is 7.00. The van der Waals surface area contributed by atoms with Crippen molar-refractivity contribution >= 4 is 35.8 Å². The zero-order valence-electron chi connectivity index (χ0n) is 16.7. The molecule has 1 saturated heterocycles. The van der Waals surface area contributed by atoms with Crippen molar-refractivity contribution in [2.75, 3.05) is 53.0 Å². The number of amides is 1. The molecular formula is C20H32IN5O2. The van der Waals surface area contributed by atoms with Crippen molar-refractivity contribution in [3.8, 4) is 0 Å². The lowest BCUT2D eigenvalue weighted by atomic mass is 10.1. The molecule has 8 heteroatoms. The van der Waals surface area contributed by atoms with Crippen molar-refractivity contribution in [3.05, 3.63) is 35.4 Å². The average Bonchev–Trinajstić information content (AvgIpc) is 3.15. The summed E-state index contributed by atoms with van der Waals surface area (Å²) in [6.45, 7) is 7.70. The van der Waals surface area contributed by atoms with Gasteiger partial charge < -0.3 is 20.3 Å². The summed E-state index contributed by atoms with van der Waals surface area (Å²) in [6, 6.07) is 8.29. The van der Waals surface area contributed by atoms with Crippen LogP contribution in [0.15, 0.2) is 29.3 Å². The number of hydrogen-bond acceptors (Lipinski definition) is 4. The first-order chi connectivity index (χ1) is 13.3. The molecule has 0 aromatic heterocycles. The summed E-state index contributed by atoms with van der Waals surface area (Å²) in [6.07, 6.45) is 1.36. The number of carbonyl (C=O) groups excluding carboxylic acids is 1. The Balaban J connectivity index is 0.00000280. The van der Waals surface area contributed by atoms with Gasteiger partial charge in [0.1, 0.15) is 0 Å². The minimum atomic E-state index is 0. The number of hydrogen-bond donors (Lipinski definition) is 2. The lowest BCUT2D eigenvalue weighted by Gasteiger charge is -2.26. The molecule has 1 aromatic carbocycles. The van der Waals surface area contributed by atoms with Crippen LogP contribution < -0.4 is 10.6 Å². The number of carbonyl (C=O) groups is 1. The standard InChI is InChI=1S/C20H31N5O2.HI/c1-21-20(23-9-10-24-11-13-27-14-12-24)22-8-4-7-19(26)25-15-17-5-2-3-6-18(17)16-25;/h2-3,5-6H,4,7-16H2,1H3,(H2,21,22,23);1H. The van der Waals surface area contributed by atoms with Gasteiger partial charge in [-0.15, -0.1) is 24.0 Å². The quantitative estimate of drug-likeness (QED) is 0.256. The Morgan fingerprint density at radius 1 is 1.11 bits per heavy atom. The van der Waals surface area contributed by atoms with Gasteiger partial charge in [0.05, 0.1) is 13.2 Å². The first-order valence-electron chi connectivity index (χ1n) is 9.85. The van der Waals surface area contributed by atoms with Crippen molar-refractivity contribution in [1.82, 2.24) is 20.4 Å². The Hall–Kier alpha value is -1.39.